The Balaban J connectivity index is 1.78. The van der Waals surface area contributed by atoms with Crippen molar-refractivity contribution in [3.8, 4) is 0 Å². The molecule has 0 bridgehead atoms. The van der Waals surface area contributed by atoms with E-state index in [1.54, 1.807) is 11.8 Å². The second-order valence-electron chi connectivity index (χ2n) is 4.62. The highest BCUT2D eigenvalue weighted by Crippen LogP contribution is 2.21. The molecule has 7 heteroatoms. The molecule has 0 aromatic carbocycles. The number of rotatable bonds is 7. The molecule has 1 amide bonds. The Labute approximate surface area is 111 Å². The maximum Gasteiger partial charge on any atom is 0.234 e. The number of nitrogens with two attached hydrogens (primary N) is 1. The van der Waals surface area contributed by atoms with Crippen LogP contribution in [0.4, 0.5) is 0 Å². The first-order chi connectivity index (χ1) is 8.58. The fraction of sp³-hybridized carbons (Fsp3) is 0.727. The maximum absolute atomic E-state index is 11.3. The van der Waals surface area contributed by atoms with E-state index in [4.69, 9.17) is 5.73 Å². The predicted molar refractivity (Wildman–Crippen MR) is 70.2 cm³/mol. The van der Waals surface area contributed by atoms with E-state index >= 15 is 0 Å². The maximum atomic E-state index is 11.3. The fourth-order valence-electron chi connectivity index (χ4n) is 1.62. The summed E-state index contributed by atoms with van der Waals surface area (Å²) in [5.74, 6) is 1.43. The van der Waals surface area contributed by atoms with Gasteiger partial charge in [-0.15, -0.1) is 10.2 Å². The molecule has 1 aliphatic rings. The van der Waals surface area contributed by atoms with Crippen molar-refractivity contribution in [2.45, 2.75) is 43.4 Å². The van der Waals surface area contributed by atoms with Gasteiger partial charge in [0.15, 0.2) is 5.16 Å². The molecule has 6 nitrogen and oxygen atoms in total. The van der Waals surface area contributed by atoms with Crippen LogP contribution in [0.1, 0.15) is 25.1 Å². The Morgan fingerprint density at radius 2 is 2.33 bits per heavy atom. The molecule has 2 rings (SSSR count). The average Bonchev–Trinajstić information content (AvgIpc) is 3.09. The van der Waals surface area contributed by atoms with Crippen molar-refractivity contribution in [3.63, 3.8) is 0 Å². The van der Waals surface area contributed by atoms with Gasteiger partial charge in [0.05, 0.1) is 6.04 Å². The molecule has 0 radical (unpaired) electrons. The van der Waals surface area contributed by atoms with Crippen LogP contribution in [0.2, 0.25) is 0 Å². The van der Waals surface area contributed by atoms with Crippen LogP contribution in [0.5, 0.6) is 0 Å². The lowest BCUT2D eigenvalue weighted by Crippen LogP contribution is -2.42. The minimum absolute atomic E-state index is 0.223. The molecule has 1 aromatic heterocycles. The van der Waals surface area contributed by atoms with E-state index in [2.05, 4.69) is 15.5 Å². The molecular weight excluding hydrogens is 250 g/mol. The average molecular weight is 269 g/mol. The second kappa shape index (κ2) is 5.71. The molecule has 0 spiro atoms. The van der Waals surface area contributed by atoms with E-state index in [9.17, 15) is 4.79 Å². The zero-order chi connectivity index (χ0) is 13.1. The van der Waals surface area contributed by atoms with Gasteiger partial charge in [-0.1, -0.05) is 11.8 Å². The zero-order valence-corrected chi connectivity index (χ0v) is 11.5. The van der Waals surface area contributed by atoms with Crippen LogP contribution in [0.25, 0.3) is 0 Å². The van der Waals surface area contributed by atoms with Crippen molar-refractivity contribution in [1.82, 2.24) is 20.1 Å². The van der Waals surface area contributed by atoms with Gasteiger partial charge in [0.2, 0.25) is 5.91 Å². The molecule has 1 saturated carbocycles. The lowest BCUT2D eigenvalue weighted by molar-refractivity contribution is -0.120. The highest BCUT2D eigenvalue weighted by molar-refractivity contribution is 7.99. The van der Waals surface area contributed by atoms with Gasteiger partial charge in [-0.2, -0.15) is 0 Å². The van der Waals surface area contributed by atoms with E-state index < -0.39 is 0 Å². The Morgan fingerprint density at radius 3 is 2.83 bits per heavy atom. The molecule has 3 N–H and O–H groups in total. The number of amides is 1. The standard InChI is InChI=1S/C11H19N5OS/c1-7-14-15-11(16(7)2)18-6-5-9(10(12)17)13-8-3-4-8/h8-9,13H,3-6H2,1-2H3,(H2,12,17). The number of primary amides is 1. The van der Waals surface area contributed by atoms with Gasteiger partial charge >= 0.3 is 0 Å². The quantitative estimate of drug-likeness (QED) is 0.691. The van der Waals surface area contributed by atoms with Crippen molar-refractivity contribution >= 4 is 17.7 Å². The van der Waals surface area contributed by atoms with E-state index in [0.717, 1.165) is 36.0 Å². The SMILES string of the molecule is Cc1nnc(SCCC(NC2CC2)C(N)=O)n1C. The highest BCUT2D eigenvalue weighted by atomic mass is 32.2. The number of hydrogen-bond donors (Lipinski definition) is 2. The van der Waals surface area contributed by atoms with Gasteiger partial charge in [0.25, 0.3) is 0 Å². The molecule has 1 heterocycles. The lowest BCUT2D eigenvalue weighted by atomic mass is 10.2. The van der Waals surface area contributed by atoms with Crippen molar-refractivity contribution in [2.75, 3.05) is 5.75 Å². The molecule has 1 atom stereocenters. The first-order valence-electron chi connectivity index (χ1n) is 6.12. The first-order valence-corrected chi connectivity index (χ1v) is 7.10. The highest BCUT2D eigenvalue weighted by Gasteiger charge is 2.26. The van der Waals surface area contributed by atoms with Gasteiger partial charge in [0.1, 0.15) is 5.82 Å². The molecule has 1 fully saturated rings. The summed E-state index contributed by atoms with van der Waals surface area (Å²) in [5.41, 5.74) is 5.38. The number of thioether (sulfide) groups is 1. The summed E-state index contributed by atoms with van der Waals surface area (Å²) < 4.78 is 1.94. The van der Waals surface area contributed by atoms with Crippen LogP contribution in [-0.4, -0.2) is 38.5 Å². The molecular formula is C11H19N5OS. The number of aromatic nitrogens is 3. The Hall–Kier alpha value is -1.08. The van der Waals surface area contributed by atoms with E-state index in [1.165, 1.54) is 0 Å². The van der Waals surface area contributed by atoms with E-state index in [1.807, 2.05) is 18.5 Å². The Kier molecular flexibility index (Phi) is 4.23. The monoisotopic (exact) mass is 269 g/mol. The number of carbonyl (C=O) groups is 1. The van der Waals surface area contributed by atoms with Gasteiger partial charge in [-0.3, -0.25) is 4.79 Å². The normalized spacial score (nSPS) is 16.8. The van der Waals surface area contributed by atoms with Crippen LogP contribution >= 0.6 is 11.8 Å². The molecule has 1 aliphatic carbocycles. The van der Waals surface area contributed by atoms with Gasteiger partial charge < -0.3 is 15.6 Å². The molecule has 0 aliphatic heterocycles. The van der Waals surface area contributed by atoms with Crippen LogP contribution in [0.3, 0.4) is 0 Å². The van der Waals surface area contributed by atoms with Crippen LogP contribution in [0.15, 0.2) is 5.16 Å². The van der Waals surface area contributed by atoms with Gasteiger partial charge in [0, 0.05) is 18.8 Å². The lowest BCUT2D eigenvalue weighted by Gasteiger charge is -2.14. The van der Waals surface area contributed by atoms with Gasteiger partial charge in [-0.05, 0) is 26.2 Å². The molecule has 0 saturated heterocycles. The van der Waals surface area contributed by atoms with E-state index in [0.29, 0.717) is 6.04 Å². The van der Waals surface area contributed by atoms with Crippen LogP contribution in [-0.2, 0) is 11.8 Å². The zero-order valence-electron chi connectivity index (χ0n) is 10.7. The molecule has 100 valence electrons. The summed E-state index contributed by atoms with van der Waals surface area (Å²) in [6.45, 7) is 1.91. The molecule has 18 heavy (non-hydrogen) atoms. The summed E-state index contributed by atoms with van der Waals surface area (Å²) >= 11 is 1.60. The summed E-state index contributed by atoms with van der Waals surface area (Å²) in [7, 11) is 1.94. The van der Waals surface area contributed by atoms with Crippen molar-refractivity contribution in [1.29, 1.82) is 0 Å². The number of aryl methyl sites for hydroxylation is 1. The van der Waals surface area contributed by atoms with Crippen LogP contribution < -0.4 is 11.1 Å². The summed E-state index contributed by atoms with van der Waals surface area (Å²) in [4.78, 5) is 11.3. The third kappa shape index (κ3) is 3.46. The molecule has 1 aromatic rings. The minimum Gasteiger partial charge on any atom is -0.368 e. The fourth-order valence-corrected chi connectivity index (χ4v) is 2.58. The summed E-state index contributed by atoms with van der Waals surface area (Å²) in [6, 6.07) is 0.267. The third-order valence-electron chi connectivity index (χ3n) is 3.05. The number of hydrogen-bond acceptors (Lipinski definition) is 5. The number of carbonyl (C=O) groups excluding carboxylic acids is 1. The third-order valence-corrected chi connectivity index (χ3v) is 4.10. The number of nitrogens with one attached hydrogen (secondary N) is 1. The Bertz CT molecular complexity index is 429. The first kappa shape index (κ1) is 13.4. The van der Waals surface area contributed by atoms with Crippen LogP contribution in [0, 0.1) is 6.92 Å². The smallest absolute Gasteiger partial charge is 0.234 e. The van der Waals surface area contributed by atoms with Crippen molar-refractivity contribution < 1.29 is 4.79 Å². The Morgan fingerprint density at radius 1 is 1.61 bits per heavy atom. The summed E-state index contributed by atoms with van der Waals surface area (Å²) in [5, 5.41) is 12.2. The molecule has 1 unspecified atom stereocenters. The van der Waals surface area contributed by atoms with E-state index in [-0.39, 0.29) is 11.9 Å². The topological polar surface area (TPSA) is 85.8 Å². The predicted octanol–water partition coefficient (Wildman–Crippen LogP) is 0.212. The van der Waals surface area contributed by atoms with Crippen molar-refractivity contribution in [3.05, 3.63) is 5.82 Å². The van der Waals surface area contributed by atoms with Gasteiger partial charge in [-0.25, -0.2) is 0 Å². The second-order valence-corrected chi connectivity index (χ2v) is 5.68. The van der Waals surface area contributed by atoms with Crippen molar-refractivity contribution in [2.24, 2.45) is 12.8 Å². The summed E-state index contributed by atoms with van der Waals surface area (Å²) in [6.07, 6.45) is 3.03. The largest absolute Gasteiger partial charge is 0.368 e. The number of nitrogens with zero attached hydrogens (tertiary/aromatic N) is 3. The minimum atomic E-state index is -0.267.